The standard InChI is InChI=1S/C16H33N3/c1-5-16(6-2,12-17-4)13-19-11-15-8-7-9-18(15)10-14(19)3/h14-15,17H,5-13H2,1-4H3. The molecule has 2 unspecified atom stereocenters. The molecule has 0 aromatic carbocycles. The molecule has 2 rings (SSSR count). The molecule has 0 aromatic heterocycles. The lowest BCUT2D eigenvalue weighted by atomic mass is 9.81. The molecular formula is C16H33N3. The fourth-order valence-electron chi connectivity index (χ4n) is 4.05. The molecule has 0 radical (unpaired) electrons. The van der Waals surface area contributed by atoms with Crippen molar-refractivity contribution >= 4 is 0 Å². The van der Waals surface area contributed by atoms with Gasteiger partial charge in [0.05, 0.1) is 0 Å². The van der Waals surface area contributed by atoms with Crippen molar-refractivity contribution in [1.82, 2.24) is 15.1 Å². The molecule has 0 saturated carbocycles. The molecule has 2 fully saturated rings. The average Bonchev–Trinajstić information content (AvgIpc) is 2.85. The van der Waals surface area contributed by atoms with Crippen molar-refractivity contribution in [1.29, 1.82) is 0 Å². The molecule has 2 saturated heterocycles. The van der Waals surface area contributed by atoms with Gasteiger partial charge in [0.25, 0.3) is 0 Å². The van der Waals surface area contributed by atoms with Crippen molar-refractivity contribution in [3.8, 4) is 0 Å². The smallest absolute Gasteiger partial charge is 0.0224 e. The first-order valence-corrected chi connectivity index (χ1v) is 8.27. The molecule has 0 aliphatic carbocycles. The predicted octanol–water partition coefficient (Wildman–Crippen LogP) is 2.18. The van der Waals surface area contributed by atoms with Gasteiger partial charge < -0.3 is 5.32 Å². The van der Waals surface area contributed by atoms with Crippen molar-refractivity contribution in [2.75, 3.05) is 39.8 Å². The summed E-state index contributed by atoms with van der Waals surface area (Å²) in [6, 6.07) is 1.57. The summed E-state index contributed by atoms with van der Waals surface area (Å²) < 4.78 is 0. The Balaban J connectivity index is 1.99. The van der Waals surface area contributed by atoms with Gasteiger partial charge in [-0.25, -0.2) is 0 Å². The van der Waals surface area contributed by atoms with Crippen LogP contribution in [0.4, 0.5) is 0 Å². The highest BCUT2D eigenvalue weighted by atomic mass is 15.3. The molecule has 0 bridgehead atoms. The van der Waals surface area contributed by atoms with E-state index in [2.05, 4.69) is 42.9 Å². The number of nitrogens with one attached hydrogen (secondary N) is 1. The van der Waals surface area contributed by atoms with Gasteiger partial charge in [-0.2, -0.15) is 0 Å². The van der Waals surface area contributed by atoms with E-state index in [4.69, 9.17) is 0 Å². The summed E-state index contributed by atoms with van der Waals surface area (Å²) in [6.07, 6.45) is 5.39. The summed E-state index contributed by atoms with van der Waals surface area (Å²) in [4.78, 5) is 5.50. The zero-order valence-electron chi connectivity index (χ0n) is 13.4. The van der Waals surface area contributed by atoms with Crippen molar-refractivity contribution < 1.29 is 0 Å². The van der Waals surface area contributed by atoms with Gasteiger partial charge in [0.2, 0.25) is 0 Å². The number of piperazine rings is 1. The van der Waals surface area contributed by atoms with Crippen LogP contribution in [-0.4, -0.2) is 61.7 Å². The average molecular weight is 267 g/mol. The van der Waals surface area contributed by atoms with Crippen LogP contribution in [0.3, 0.4) is 0 Å². The normalized spacial score (nSPS) is 29.7. The van der Waals surface area contributed by atoms with Crippen LogP contribution in [0.5, 0.6) is 0 Å². The van der Waals surface area contributed by atoms with Gasteiger partial charge >= 0.3 is 0 Å². The zero-order chi connectivity index (χ0) is 13.9. The Bertz CT molecular complexity index is 275. The van der Waals surface area contributed by atoms with Gasteiger partial charge in [-0.15, -0.1) is 0 Å². The van der Waals surface area contributed by atoms with E-state index in [1.165, 1.54) is 51.9 Å². The van der Waals surface area contributed by atoms with E-state index in [1.54, 1.807) is 0 Å². The first-order valence-electron chi connectivity index (χ1n) is 8.27. The predicted molar refractivity (Wildman–Crippen MR) is 82.6 cm³/mol. The summed E-state index contributed by atoms with van der Waals surface area (Å²) in [5.74, 6) is 0. The van der Waals surface area contributed by atoms with Crippen LogP contribution in [-0.2, 0) is 0 Å². The Morgan fingerprint density at radius 3 is 2.58 bits per heavy atom. The Labute approximate surface area is 119 Å². The van der Waals surface area contributed by atoms with Crippen molar-refractivity contribution in [2.24, 2.45) is 5.41 Å². The van der Waals surface area contributed by atoms with E-state index < -0.39 is 0 Å². The maximum Gasteiger partial charge on any atom is 0.0224 e. The fraction of sp³-hybridized carbons (Fsp3) is 1.00. The van der Waals surface area contributed by atoms with Crippen LogP contribution >= 0.6 is 0 Å². The molecule has 1 N–H and O–H groups in total. The first kappa shape index (κ1) is 15.3. The Morgan fingerprint density at radius 1 is 1.21 bits per heavy atom. The minimum absolute atomic E-state index is 0.462. The van der Waals surface area contributed by atoms with Gasteiger partial charge in [0.1, 0.15) is 0 Å². The minimum atomic E-state index is 0.462. The summed E-state index contributed by atoms with van der Waals surface area (Å²) in [6.45, 7) is 13.5. The van der Waals surface area contributed by atoms with Gasteiger partial charge in [-0.1, -0.05) is 13.8 Å². The number of rotatable bonds is 6. The SMILES string of the molecule is CCC(CC)(CNC)CN1CC2CCCN2CC1C. The molecule has 19 heavy (non-hydrogen) atoms. The Morgan fingerprint density at radius 2 is 1.95 bits per heavy atom. The van der Waals surface area contributed by atoms with Crippen LogP contribution < -0.4 is 5.32 Å². The largest absolute Gasteiger partial charge is 0.319 e. The van der Waals surface area contributed by atoms with Gasteiger partial charge in [-0.05, 0) is 51.6 Å². The monoisotopic (exact) mass is 267 g/mol. The second-order valence-corrected chi connectivity index (χ2v) is 6.81. The third-order valence-corrected chi connectivity index (χ3v) is 5.66. The van der Waals surface area contributed by atoms with Gasteiger partial charge in [0, 0.05) is 38.3 Å². The topological polar surface area (TPSA) is 18.5 Å². The maximum atomic E-state index is 3.42. The maximum absolute atomic E-state index is 3.42. The van der Waals surface area contributed by atoms with Crippen LogP contribution in [0, 0.1) is 5.41 Å². The van der Waals surface area contributed by atoms with E-state index >= 15 is 0 Å². The highest BCUT2D eigenvalue weighted by molar-refractivity contribution is 4.93. The van der Waals surface area contributed by atoms with Crippen LogP contribution in [0.1, 0.15) is 46.5 Å². The molecule has 2 heterocycles. The summed E-state index contributed by atoms with van der Waals surface area (Å²) in [7, 11) is 2.10. The molecular weight excluding hydrogens is 234 g/mol. The molecule has 112 valence electrons. The minimum Gasteiger partial charge on any atom is -0.319 e. The van der Waals surface area contributed by atoms with Crippen molar-refractivity contribution in [3.05, 3.63) is 0 Å². The second-order valence-electron chi connectivity index (χ2n) is 6.81. The summed E-state index contributed by atoms with van der Waals surface area (Å²) in [5.41, 5.74) is 0.462. The lowest BCUT2D eigenvalue weighted by Gasteiger charge is -2.46. The first-order chi connectivity index (χ1) is 9.14. The third kappa shape index (κ3) is 3.32. The molecule has 0 amide bonds. The highest BCUT2D eigenvalue weighted by Crippen LogP contribution is 2.31. The number of nitrogens with zero attached hydrogens (tertiary/aromatic N) is 2. The van der Waals surface area contributed by atoms with E-state index in [9.17, 15) is 0 Å². The van der Waals surface area contributed by atoms with Crippen LogP contribution in [0.15, 0.2) is 0 Å². The van der Waals surface area contributed by atoms with E-state index in [-0.39, 0.29) is 0 Å². The molecule has 2 aliphatic heterocycles. The van der Waals surface area contributed by atoms with Crippen LogP contribution in [0.25, 0.3) is 0 Å². The van der Waals surface area contributed by atoms with Crippen molar-refractivity contribution in [2.45, 2.75) is 58.5 Å². The fourth-order valence-corrected chi connectivity index (χ4v) is 4.05. The quantitative estimate of drug-likeness (QED) is 0.796. The van der Waals surface area contributed by atoms with Gasteiger partial charge in [0.15, 0.2) is 0 Å². The molecule has 0 spiro atoms. The summed E-state index contributed by atoms with van der Waals surface area (Å²) >= 11 is 0. The molecule has 2 atom stereocenters. The lowest BCUT2D eigenvalue weighted by molar-refractivity contribution is 0.0229. The number of fused-ring (bicyclic) bond motifs is 1. The number of hydrogen-bond acceptors (Lipinski definition) is 3. The van der Waals surface area contributed by atoms with E-state index in [1.807, 2.05) is 0 Å². The third-order valence-electron chi connectivity index (χ3n) is 5.66. The van der Waals surface area contributed by atoms with Gasteiger partial charge in [-0.3, -0.25) is 9.80 Å². The second kappa shape index (κ2) is 6.55. The van der Waals surface area contributed by atoms with Crippen LogP contribution in [0.2, 0.25) is 0 Å². The highest BCUT2D eigenvalue weighted by Gasteiger charge is 2.37. The summed E-state index contributed by atoms with van der Waals surface area (Å²) in [5, 5.41) is 3.42. The molecule has 2 aliphatic rings. The molecule has 3 heteroatoms. The zero-order valence-corrected chi connectivity index (χ0v) is 13.4. The Hall–Kier alpha value is -0.120. The molecule has 3 nitrogen and oxygen atoms in total. The Kier molecular flexibility index (Phi) is 5.27. The lowest BCUT2D eigenvalue weighted by Crippen LogP contribution is -2.58. The number of hydrogen-bond donors (Lipinski definition) is 1. The van der Waals surface area contributed by atoms with Crippen molar-refractivity contribution in [3.63, 3.8) is 0 Å². The van der Waals surface area contributed by atoms with E-state index in [0.29, 0.717) is 5.41 Å². The molecule has 0 aromatic rings. The van der Waals surface area contributed by atoms with E-state index in [0.717, 1.165) is 18.6 Å².